The predicted molar refractivity (Wildman–Crippen MR) is 123 cm³/mol. The Labute approximate surface area is 184 Å². The molecule has 0 fully saturated rings. The molecule has 0 saturated heterocycles. The SMILES string of the molecule is COc1ccc(Br)cc1/C=C/C(=O)NC(=S)Nc1nc2cc(Cl)c(C)cc2s1. The molecule has 1 amide bonds. The van der Waals surface area contributed by atoms with Crippen LogP contribution in [0.25, 0.3) is 16.3 Å². The number of thiazole rings is 1. The Bertz CT molecular complexity index is 1060. The van der Waals surface area contributed by atoms with Crippen LogP contribution < -0.4 is 15.4 Å². The summed E-state index contributed by atoms with van der Waals surface area (Å²) in [6.07, 6.45) is 3.05. The van der Waals surface area contributed by atoms with Crippen LogP contribution in [0.4, 0.5) is 5.13 Å². The van der Waals surface area contributed by atoms with Crippen molar-refractivity contribution in [2.75, 3.05) is 12.4 Å². The van der Waals surface area contributed by atoms with E-state index in [0.29, 0.717) is 15.9 Å². The molecule has 0 aliphatic carbocycles. The van der Waals surface area contributed by atoms with Gasteiger partial charge in [-0.05, 0) is 61.1 Å². The van der Waals surface area contributed by atoms with Crippen molar-refractivity contribution in [1.29, 1.82) is 0 Å². The van der Waals surface area contributed by atoms with Crippen LogP contribution >= 0.6 is 51.1 Å². The molecule has 28 heavy (non-hydrogen) atoms. The van der Waals surface area contributed by atoms with Gasteiger partial charge in [-0.3, -0.25) is 10.1 Å². The molecule has 144 valence electrons. The minimum absolute atomic E-state index is 0.165. The summed E-state index contributed by atoms with van der Waals surface area (Å²) in [5.74, 6) is 0.302. The Morgan fingerprint density at radius 2 is 2.14 bits per heavy atom. The number of anilines is 1. The average molecular weight is 497 g/mol. The number of nitrogens with zero attached hydrogens (tertiary/aromatic N) is 1. The standard InChI is InChI=1S/C19H15BrClN3O2S2/c1-10-7-16-14(9-13(10)21)22-19(28-16)24-18(27)23-17(25)6-3-11-8-12(20)4-5-15(11)26-2/h3-9H,1-2H3,(H2,22,23,24,25,27)/b6-3+. The van der Waals surface area contributed by atoms with Crippen molar-refractivity contribution in [3.63, 3.8) is 0 Å². The maximum atomic E-state index is 12.2. The highest BCUT2D eigenvalue weighted by Crippen LogP contribution is 2.30. The first-order chi connectivity index (χ1) is 13.4. The number of carbonyl (C=O) groups excluding carboxylic acids is 1. The Kier molecular flexibility index (Phi) is 6.66. The molecule has 0 spiro atoms. The molecule has 9 heteroatoms. The molecule has 0 radical (unpaired) electrons. The number of methoxy groups -OCH3 is 1. The van der Waals surface area contributed by atoms with Gasteiger partial charge in [0.15, 0.2) is 10.2 Å². The van der Waals surface area contributed by atoms with Crippen LogP contribution in [0.3, 0.4) is 0 Å². The Morgan fingerprint density at radius 3 is 2.89 bits per heavy atom. The molecule has 2 N–H and O–H groups in total. The maximum Gasteiger partial charge on any atom is 0.250 e. The molecule has 0 bridgehead atoms. The monoisotopic (exact) mass is 495 g/mol. The van der Waals surface area contributed by atoms with Crippen LogP contribution in [0.1, 0.15) is 11.1 Å². The van der Waals surface area contributed by atoms with Gasteiger partial charge in [-0.2, -0.15) is 0 Å². The zero-order chi connectivity index (χ0) is 20.3. The van der Waals surface area contributed by atoms with Gasteiger partial charge in [0.1, 0.15) is 5.75 Å². The number of amides is 1. The minimum atomic E-state index is -0.362. The van der Waals surface area contributed by atoms with Gasteiger partial charge >= 0.3 is 0 Å². The molecule has 3 aromatic rings. The Balaban J connectivity index is 1.65. The van der Waals surface area contributed by atoms with E-state index in [1.54, 1.807) is 13.2 Å². The van der Waals surface area contributed by atoms with E-state index in [9.17, 15) is 4.79 Å². The summed E-state index contributed by atoms with van der Waals surface area (Å²) in [6.45, 7) is 1.94. The molecule has 0 unspecified atom stereocenters. The van der Waals surface area contributed by atoms with E-state index in [2.05, 4.69) is 31.5 Å². The molecule has 0 atom stereocenters. The maximum absolute atomic E-state index is 12.2. The zero-order valence-corrected chi connectivity index (χ0v) is 18.9. The molecule has 0 aliphatic heterocycles. The first-order valence-electron chi connectivity index (χ1n) is 8.06. The van der Waals surface area contributed by atoms with Crippen LogP contribution in [-0.2, 0) is 4.79 Å². The van der Waals surface area contributed by atoms with Crippen molar-refractivity contribution >= 4 is 83.5 Å². The predicted octanol–water partition coefficient (Wildman–Crippen LogP) is 5.56. The van der Waals surface area contributed by atoms with Gasteiger partial charge in [0.25, 0.3) is 0 Å². The lowest BCUT2D eigenvalue weighted by molar-refractivity contribution is -0.115. The van der Waals surface area contributed by atoms with Gasteiger partial charge in [0.2, 0.25) is 5.91 Å². The van der Waals surface area contributed by atoms with Gasteiger partial charge in [-0.1, -0.05) is 38.9 Å². The minimum Gasteiger partial charge on any atom is -0.496 e. The Hall–Kier alpha value is -2.00. The fourth-order valence-electron chi connectivity index (χ4n) is 2.39. The van der Waals surface area contributed by atoms with E-state index >= 15 is 0 Å². The number of rotatable bonds is 4. The summed E-state index contributed by atoms with van der Waals surface area (Å²) in [5.41, 5.74) is 2.52. The largest absolute Gasteiger partial charge is 0.496 e. The van der Waals surface area contributed by atoms with Crippen LogP contribution in [0.15, 0.2) is 40.9 Å². The molecular weight excluding hydrogens is 482 g/mol. The number of fused-ring (bicyclic) bond motifs is 1. The number of carbonyl (C=O) groups is 1. The summed E-state index contributed by atoms with van der Waals surface area (Å²) >= 11 is 16.2. The number of nitrogens with one attached hydrogen (secondary N) is 2. The van der Waals surface area contributed by atoms with Gasteiger partial charge in [0, 0.05) is 21.1 Å². The highest BCUT2D eigenvalue weighted by atomic mass is 79.9. The quantitative estimate of drug-likeness (QED) is 0.366. The van der Waals surface area contributed by atoms with E-state index < -0.39 is 0 Å². The first kappa shape index (κ1) is 20.7. The van der Waals surface area contributed by atoms with Crippen molar-refractivity contribution in [2.24, 2.45) is 0 Å². The molecule has 1 aromatic heterocycles. The van der Waals surface area contributed by atoms with Crippen LogP contribution in [0.2, 0.25) is 5.02 Å². The second-order valence-electron chi connectivity index (χ2n) is 5.75. The fourth-order valence-corrected chi connectivity index (χ4v) is 4.14. The van der Waals surface area contributed by atoms with E-state index in [1.807, 2.05) is 37.3 Å². The van der Waals surface area contributed by atoms with Crippen molar-refractivity contribution in [3.8, 4) is 5.75 Å². The lowest BCUT2D eigenvalue weighted by Crippen LogP contribution is -2.32. The third kappa shape index (κ3) is 5.08. The van der Waals surface area contributed by atoms with Crippen LogP contribution in [-0.4, -0.2) is 23.1 Å². The van der Waals surface area contributed by atoms with Gasteiger partial charge in [0.05, 0.1) is 17.3 Å². The molecular formula is C19H15BrClN3O2S2. The van der Waals surface area contributed by atoms with E-state index in [0.717, 1.165) is 25.8 Å². The van der Waals surface area contributed by atoms with Crippen molar-refractivity contribution in [1.82, 2.24) is 10.3 Å². The van der Waals surface area contributed by atoms with Crippen LogP contribution in [0.5, 0.6) is 5.75 Å². The zero-order valence-electron chi connectivity index (χ0n) is 14.9. The van der Waals surface area contributed by atoms with Crippen LogP contribution in [0, 0.1) is 6.92 Å². The number of thiocarbonyl (C=S) groups is 1. The summed E-state index contributed by atoms with van der Waals surface area (Å²) in [4.78, 5) is 16.6. The fraction of sp³-hybridized carbons (Fsp3) is 0.105. The lowest BCUT2D eigenvalue weighted by Gasteiger charge is -2.06. The second kappa shape index (κ2) is 9.00. The van der Waals surface area contributed by atoms with Crippen molar-refractivity contribution in [3.05, 3.63) is 57.0 Å². The second-order valence-corrected chi connectivity index (χ2v) is 8.51. The summed E-state index contributed by atoms with van der Waals surface area (Å²) < 4.78 is 7.15. The van der Waals surface area contributed by atoms with Gasteiger partial charge < -0.3 is 10.1 Å². The Morgan fingerprint density at radius 1 is 1.36 bits per heavy atom. The highest BCUT2D eigenvalue weighted by molar-refractivity contribution is 9.10. The number of halogens is 2. The van der Waals surface area contributed by atoms with E-state index in [4.69, 9.17) is 28.6 Å². The topological polar surface area (TPSA) is 63.2 Å². The number of aryl methyl sites for hydroxylation is 1. The number of aromatic nitrogens is 1. The van der Waals surface area contributed by atoms with Crippen molar-refractivity contribution in [2.45, 2.75) is 6.92 Å². The molecule has 5 nitrogen and oxygen atoms in total. The molecule has 0 aliphatic rings. The summed E-state index contributed by atoms with van der Waals surface area (Å²) in [7, 11) is 1.58. The molecule has 1 heterocycles. The highest BCUT2D eigenvalue weighted by Gasteiger charge is 2.09. The van der Waals surface area contributed by atoms with E-state index in [-0.39, 0.29) is 11.0 Å². The summed E-state index contributed by atoms with van der Waals surface area (Å²) in [5, 5.41) is 6.94. The third-order valence-electron chi connectivity index (χ3n) is 3.73. The molecule has 0 saturated carbocycles. The molecule has 2 aromatic carbocycles. The average Bonchev–Trinajstić information content (AvgIpc) is 3.01. The van der Waals surface area contributed by atoms with Gasteiger partial charge in [-0.25, -0.2) is 4.98 Å². The lowest BCUT2D eigenvalue weighted by atomic mass is 10.2. The summed E-state index contributed by atoms with van der Waals surface area (Å²) in [6, 6.07) is 9.31. The number of benzene rings is 2. The number of ether oxygens (including phenoxy) is 1. The number of hydrogen-bond donors (Lipinski definition) is 2. The normalized spacial score (nSPS) is 11.0. The third-order valence-corrected chi connectivity index (χ3v) is 5.77. The first-order valence-corrected chi connectivity index (χ1v) is 10.5. The number of hydrogen-bond acceptors (Lipinski definition) is 5. The smallest absolute Gasteiger partial charge is 0.250 e. The van der Waals surface area contributed by atoms with Crippen molar-refractivity contribution < 1.29 is 9.53 Å². The van der Waals surface area contributed by atoms with E-state index in [1.165, 1.54) is 17.4 Å². The van der Waals surface area contributed by atoms with Gasteiger partial charge in [-0.15, -0.1) is 0 Å². The molecule has 3 rings (SSSR count).